The molecular formula is C13H20N2O4. The molecule has 0 unspecified atom stereocenters. The van der Waals surface area contributed by atoms with Gasteiger partial charge >= 0.3 is 0 Å². The molecule has 1 rings (SSSR count). The van der Waals surface area contributed by atoms with E-state index in [0.29, 0.717) is 5.56 Å². The molecule has 0 aromatic heterocycles. The molecule has 0 amide bonds. The minimum Gasteiger partial charge on any atom is -0.396 e. The number of benzene rings is 1. The van der Waals surface area contributed by atoms with Gasteiger partial charge in [-0.2, -0.15) is 0 Å². The zero-order valence-corrected chi connectivity index (χ0v) is 11.1. The molecule has 1 aromatic rings. The van der Waals surface area contributed by atoms with E-state index in [4.69, 9.17) is 5.11 Å². The highest BCUT2D eigenvalue weighted by atomic mass is 16.6. The topological polar surface area (TPSA) is 86.8 Å². The fourth-order valence-electron chi connectivity index (χ4n) is 1.94. The molecule has 0 aliphatic heterocycles. The van der Waals surface area contributed by atoms with Gasteiger partial charge in [0, 0.05) is 43.6 Å². The summed E-state index contributed by atoms with van der Waals surface area (Å²) in [4.78, 5) is 12.2. The van der Waals surface area contributed by atoms with E-state index in [9.17, 15) is 15.2 Å². The van der Waals surface area contributed by atoms with Gasteiger partial charge in [0.05, 0.1) is 11.5 Å². The zero-order valence-electron chi connectivity index (χ0n) is 11.1. The van der Waals surface area contributed by atoms with E-state index in [1.807, 2.05) is 11.9 Å². The minimum atomic E-state index is -0.468. The van der Waals surface area contributed by atoms with Gasteiger partial charge in [-0.05, 0) is 25.3 Å². The number of hydrogen-bond acceptors (Lipinski definition) is 5. The summed E-state index contributed by atoms with van der Waals surface area (Å²) >= 11 is 0. The molecule has 6 heteroatoms. The number of unbranched alkanes of at least 4 members (excludes halogenated alkanes) is 2. The highest BCUT2D eigenvalue weighted by Gasteiger charge is 2.12. The van der Waals surface area contributed by atoms with Gasteiger partial charge < -0.3 is 15.1 Å². The Morgan fingerprint density at radius 3 is 2.58 bits per heavy atom. The van der Waals surface area contributed by atoms with Gasteiger partial charge in [0.2, 0.25) is 0 Å². The maximum atomic E-state index is 10.7. The quantitative estimate of drug-likeness (QED) is 0.425. The number of nitro groups is 1. The van der Waals surface area contributed by atoms with Crippen LogP contribution in [0.1, 0.15) is 24.8 Å². The lowest BCUT2D eigenvalue weighted by Crippen LogP contribution is -2.20. The third kappa shape index (κ3) is 4.50. The monoisotopic (exact) mass is 268 g/mol. The van der Waals surface area contributed by atoms with Crippen molar-refractivity contribution >= 4 is 11.4 Å². The highest BCUT2D eigenvalue weighted by molar-refractivity contribution is 5.57. The fourth-order valence-corrected chi connectivity index (χ4v) is 1.94. The predicted molar refractivity (Wildman–Crippen MR) is 73.2 cm³/mol. The Hall–Kier alpha value is -1.66. The summed E-state index contributed by atoms with van der Waals surface area (Å²) in [6, 6.07) is 4.51. The molecule has 1 aromatic carbocycles. The third-order valence-corrected chi connectivity index (χ3v) is 3.01. The zero-order chi connectivity index (χ0) is 14.3. The van der Waals surface area contributed by atoms with Crippen molar-refractivity contribution in [2.75, 3.05) is 25.1 Å². The van der Waals surface area contributed by atoms with Crippen LogP contribution in [0.4, 0.5) is 11.4 Å². The standard InChI is InChI=1S/C13H20N2O4/c1-14(7-3-2-4-8-16)13-6-5-12(15(18)19)9-11(13)10-17/h5-6,9,16-17H,2-4,7-8,10H2,1H3. The van der Waals surface area contributed by atoms with Crippen molar-refractivity contribution in [3.8, 4) is 0 Å². The summed E-state index contributed by atoms with van der Waals surface area (Å²) in [6.07, 6.45) is 2.64. The molecule has 0 heterocycles. The summed E-state index contributed by atoms with van der Waals surface area (Å²) in [5.74, 6) is 0. The molecule has 0 atom stereocenters. The lowest BCUT2D eigenvalue weighted by Gasteiger charge is -2.21. The van der Waals surface area contributed by atoms with Gasteiger partial charge in [-0.15, -0.1) is 0 Å². The molecule has 0 saturated heterocycles. The van der Waals surface area contributed by atoms with Gasteiger partial charge in [-0.1, -0.05) is 0 Å². The lowest BCUT2D eigenvalue weighted by atomic mass is 10.1. The fraction of sp³-hybridized carbons (Fsp3) is 0.538. The number of aliphatic hydroxyl groups excluding tert-OH is 2. The van der Waals surface area contributed by atoms with Crippen molar-refractivity contribution in [3.05, 3.63) is 33.9 Å². The van der Waals surface area contributed by atoms with E-state index >= 15 is 0 Å². The van der Waals surface area contributed by atoms with Crippen LogP contribution < -0.4 is 4.90 Å². The number of nitrogens with zero attached hydrogens (tertiary/aromatic N) is 2. The van der Waals surface area contributed by atoms with E-state index in [1.54, 1.807) is 6.07 Å². The van der Waals surface area contributed by atoms with Gasteiger partial charge in [0.25, 0.3) is 5.69 Å². The van der Waals surface area contributed by atoms with Crippen LogP contribution in [-0.2, 0) is 6.61 Å². The van der Waals surface area contributed by atoms with Crippen molar-refractivity contribution in [1.29, 1.82) is 0 Å². The van der Waals surface area contributed by atoms with Gasteiger partial charge in [-0.25, -0.2) is 0 Å². The minimum absolute atomic E-state index is 0.0125. The third-order valence-electron chi connectivity index (χ3n) is 3.01. The average Bonchev–Trinajstić information content (AvgIpc) is 2.42. The summed E-state index contributed by atoms with van der Waals surface area (Å²) in [5, 5.41) is 28.7. The van der Waals surface area contributed by atoms with Crippen LogP contribution in [0.3, 0.4) is 0 Å². The smallest absolute Gasteiger partial charge is 0.269 e. The number of nitro benzene ring substituents is 1. The predicted octanol–water partition coefficient (Wildman–Crippen LogP) is 1.69. The van der Waals surface area contributed by atoms with Crippen molar-refractivity contribution in [2.24, 2.45) is 0 Å². The number of non-ortho nitro benzene ring substituents is 1. The SMILES string of the molecule is CN(CCCCCO)c1ccc([N+](=O)[O-])cc1CO. The highest BCUT2D eigenvalue weighted by Crippen LogP contribution is 2.25. The Labute approximate surface area is 112 Å². The van der Waals surface area contributed by atoms with E-state index < -0.39 is 4.92 Å². The number of hydrogen-bond donors (Lipinski definition) is 2. The largest absolute Gasteiger partial charge is 0.396 e. The van der Waals surface area contributed by atoms with E-state index in [1.165, 1.54) is 12.1 Å². The molecular weight excluding hydrogens is 248 g/mol. The second-order valence-corrected chi connectivity index (χ2v) is 4.43. The van der Waals surface area contributed by atoms with Crippen LogP contribution in [0.2, 0.25) is 0 Å². The van der Waals surface area contributed by atoms with Crippen molar-refractivity contribution in [3.63, 3.8) is 0 Å². The first kappa shape index (κ1) is 15.4. The van der Waals surface area contributed by atoms with E-state index in [2.05, 4.69) is 0 Å². The molecule has 0 aliphatic rings. The molecule has 0 aliphatic carbocycles. The molecule has 0 saturated carbocycles. The Bertz CT molecular complexity index is 423. The number of rotatable bonds is 8. The summed E-state index contributed by atoms with van der Waals surface area (Å²) < 4.78 is 0. The van der Waals surface area contributed by atoms with Crippen molar-refractivity contribution < 1.29 is 15.1 Å². The first-order chi connectivity index (χ1) is 9.10. The Morgan fingerprint density at radius 2 is 2.00 bits per heavy atom. The van der Waals surface area contributed by atoms with Crippen LogP contribution >= 0.6 is 0 Å². The van der Waals surface area contributed by atoms with Crippen LogP contribution in [0.15, 0.2) is 18.2 Å². The summed E-state index contributed by atoms with van der Waals surface area (Å²) in [7, 11) is 1.89. The van der Waals surface area contributed by atoms with Crippen LogP contribution in [-0.4, -0.2) is 35.3 Å². The summed E-state index contributed by atoms with van der Waals surface area (Å²) in [6.45, 7) is 0.756. The van der Waals surface area contributed by atoms with Gasteiger partial charge in [0.1, 0.15) is 0 Å². The number of anilines is 1. The van der Waals surface area contributed by atoms with Crippen molar-refractivity contribution in [1.82, 2.24) is 0 Å². The van der Waals surface area contributed by atoms with E-state index in [0.717, 1.165) is 31.5 Å². The van der Waals surface area contributed by atoms with Crippen LogP contribution in [0.5, 0.6) is 0 Å². The maximum absolute atomic E-state index is 10.7. The van der Waals surface area contributed by atoms with Crippen molar-refractivity contribution in [2.45, 2.75) is 25.9 Å². The van der Waals surface area contributed by atoms with Crippen LogP contribution in [0, 0.1) is 10.1 Å². The average molecular weight is 268 g/mol. The maximum Gasteiger partial charge on any atom is 0.269 e. The second kappa shape index (κ2) is 7.70. The Balaban J connectivity index is 2.73. The normalized spacial score (nSPS) is 10.5. The van der Waals surface area contributed by atoms with Gasteiger partial charge in [-0.3, -0.25) is 10.1 Å². The molecule has 106 valence electrons. The Morgan fingerprint density at radius 1 is 1.26 bits per heavy atom. The van der Waals surface area contributed by atoms with Crippen LogP contribution in [0.25, 0.3) is 0 Å². The molecule has 6 nitrogen and oxygen atoms in total. The summed E-state index contributed by atoms with van der Waals surface area (Å²) in [5.41, 5.74) is 1.34. The molecule has 0 bridgehead atoms. The molecule has 0 fully saturated rings. The molecule has 2 N–H and O–H groups in total. The second-order valence-electron chi connectivity index (χ2n) is 4.43. The first-order valence-corrected chi connectivity index (χ1v) is 6.30. The number of aliphatic hydroxyl groups is 2. The molecule has 0 radical (unpaired) electrons. The van der Waals surface area contributed by atoms with Gasteiger partial charge in [0.15, 0.2) is 0 Å². The first-order valence-electron chi connectivity index (χ1n) is 6.30. The molecule has 0 spiro atoms. The molecule has 19 heavy (non-hydrogen) atoms. The van der Waals surface area contributed by atoms with E-state index in [-0.39, 0.29) is 18.9 Å². The lowest BCUT2D eigenvalue weighted by molar-refractivity contribution is -0.384. The Kier molecular flexibility index (Phi) is 6.24.